The van der Waals surface area contributed by atoms with Crippen molar-refractivity contribution in [3.63, 3.8) is 0 Å². The second-order valence-corrected chi connectivity index (χ2v) is 7.38. The highest BCUT2D eigenvalue weighted by molar-refractivity contribution is 4.97. The van der Waals surface area contributed by atoms with Crippen LogP contribution in [0.3, 0.4) is 0 Å². The van der Waals surface area contributed by atoms with Gasteiger partial charge in [0.25, 0.3) is 0 Å². The normalized spacial score (nSPS) is 24.9. The van der Waals surface area contributed by atoms with E-state index in [0.717, 1.165) is 11.8 Å². The Kier molecular flexibility index (Phi) is 6.86. The average Bonchev–Trinajstić information content (AvgIpc) is 2.56. The summed E-state index contributed by atoms with van der Waals surface area (Å²) in [5.74, 6) is 2.45. The maximum Gasteiger partial charge on any atom is 0.0330 e. The van der Waals surface area contributed by atoms with Gasteiger partial charge in [-0.2, -0.15) is 0 Å². The third kappa shape index (κ3) is 4.90. The molecular formula is C20H35N. The maximum absolute atomic E-state index is 4.02. The van der Waals surface area contributed by atoms with Gasteiger partial charge in [0.1, 0.15) is 0 Å². The van der Waals surface area contributed by atoms with Gasteiger partial charge in [0.05, 0.1) is 0 Å². The van der Waals surface area contributed by atoms with Crippen molar-refractivity contribution in [1.82, 2.24) is 4.90 Å². The van der Waals surface area contributed by atoms with Crippen molar-refractivity contribution in [2.24, 2.45) is 17.8 Å². The lowest BCUT2D eigenvalue weighted by Crippen LogP contribution is -2.28. The summed E-state index contributed by atoms with van der Waals surface area (Å²) in [7, 11) is 0. The van der Waals surface area contributed by atoms with Gasteiger partial charge in [-0.25, -0.2) is 0 Å². The molecule has 0 aromatic heterocycles. The number of nitrogens with zero attached hydrogens (tertiary/aromatic N) is 1. The van der Waals surface area contributed by atoms with Crippen LogP contribution >= 0.6 is 0 Å². The van der Waals surface area contributed by atoms with E-state index in [1.807, 2.05) is 6.20 Å². The second-order valence-electron chi connectivity index (χ2n) is 7.38. The molecule has 1 heteroatoms. The van der Waals surface area contributed by atoms with Crippen LogP contribution < -0.4 is 0 Å². The molecule has 0 amide bonds. The van der Waals surface area contributed by atoms with Crippen molar-refractivity contribution in [3.8, 4) is 0 Å². The van der Waals surface area contributed by atoms with Crippen LogP contribution in [0.5, 0.6) is 0 Å². The first-order chi connectivity index (χ1) is 10.2. The highest BCUT2D eigenvalue weighted by atomic mass is 15.1. The summed E-state index contributed by atoms with van der Waals surface area (Å²) in [6.45, 7) is 8.89. The molecule has 0 aromatic rings. The van der Waals surface area contributed by atoms with Crippen LogP contribution in [-0.4, -0.2) is 10.9 Å². The van der Waals surface area contributed by atoms with E-state index in [9.17, 15) is 0 Å². The molecule has 2 aliphatic carbocycles. The lowest BCUT2D eigenvalue weighted by molar-refractivity contribution is 0.224. The molecule has 2 saturated carbocycles. The van der Waals surface area contributed by atoms with Crippen molar-refractivity contribution < 1.29 is 0 Å². The molecule has 0 heterocycles. The van der Waals surface area contributed by atoms with Gasteiger partial charge in [0.2, 0.25) is 0 Å². The lowest BCUT2D eigenvalue weighted by Gasteiger charge is -2.33. The summed E-state index contributed by atoms with van der Waals surface area (Å²) in [6.07, 6.45) is 20.9. The van der Waals surface area contributed by atoms with E-state index in [1.54, 1.807) is 0 Å². The Hall–Kier alpha value is -0.720. The predicted octanol–water partition coefficient (Wildman–Crippen LogP) is 6.13. The van der Waals surface area contributed by atoms with Crippen LogP contribution in [-0.2, 0) is 0 Å². The standard InChI is InChI=1S/C20H35N/c1-4-21(20-13-9-6-10-14-20)16-15-17(2)18(3)19-11-7-5-8-12-19/h4,15-20H,1,5-14H2,2-3H3. The third-order valence-corrected chi connectivity index (χ3v) is 5.99. The van der Waals surface area contributed by atoms with Gasteiger partial charge >= 0.3 is 0 Å². The summed E-state index contributed by atoms with van der Waals surface area (Å²) in [5.41, 5.74) is 0. The van der Waals surface area contributed by atoms with E-state index in [0.29, 0.717) is 12.0 Å². The van der Waals surface area contributed by atoms with Gasteiger partial charge in [-0.3, -0.25) is 0 Å². The smallest absolute Gasteiger partial charge is 0.0330 e. The average molecular weight is 290 g/mol. The summed E-state index contributed by atoms with van der Waals surface area (Å²) < 4.78 is 0. The fourth-order valence-corrected chi connectivity index (χ4v) is 4.21. The highest BCUT2D eigenvalue weighted by Crippen LogP contribution is 2.34. The molecule has 0 aromatic carbocycles. The van der Waals surface area contributed by atoms with E-state index < -0.39 is 0 Å². The van der Waals surface area contributed by atoms with Crippen LogP contribution in [0.1, 0.15) is 78.1 Å². The monoisotopic (exact) mass is 289 g/mol. The minimum absolute atomic E-state index is 0.680. The zero-order valence-electron chi connectivity index (χ0n) is 14.3. The number of hydrogen-bond acceptors (Lipinski definition) is 1. The summed E-state index contributed by atoms with van der Waals surface area (Å²) in [6, 6.07) is 0.699. The Bertz CT molecular complexity index is 321. The molecule has 2 aliphatic rings. The quantitative estimate of drug-likeness (QED) is 0.568. The Labute approximate surface area is 132 Å². The molecule has 0 aliphatic heterocycles. The van der Waals surface area contributed by atoms with E-state index in [1.165, 1.54) is 64.2 Å². The molecule has 0 spiro atoms. The van der Waals surface area contributed by atoms with Crippen LogP contribution in [0, 0.1) is 17.8 Å². The van der Waals surface area contributed by atoms with Gasteiger partial charge in [-0.15, -0.1) is 0 Å². The lowest BCUT2D eigenvalue weighted by atomic mass is 9.75. The molecule has 120 valence electrons. The molecule has 0 saturated heterocycles. The highest BCUT2D eigenvalue weighted by Gasteiger charge is 2.23. The van der Waals surface area contributed by atoms with E-state index in [2.05, 4.69) is 37.6 Å². The molecule has 2 atom stereocenters. The van der Waals surface area contributed by atoms with Crippen LogP contribution in [0.15, 0.2) is 25.1 Å². The first-order valence-corrected chi connectivity index (χ1v) is 9.30. The molecule has 2 rings (SSSR count). The van der Waals surface area contributed by atoms with Gasteiger partial charge in [0, 0.05) is 12.2 Å². The van der Waals surface area contributed by atoms with E-state index >= 15 is 0 Å². The van der Waals surface area contributed by atoms with Gasteiger partial charge < -0.3 is 4.90 Å². The van der Waals surface area contributed by atoms with Crippen molar-refractivity contribution in [3.05, 3.63) is 25.1 Å². The third-order valence-electron chi connectivity index (χ3n) is 5.99. The Balaban J connectivity index is 1.86. The molecule has 1 nitrogen and oxygen atoms in total. The fourth-order valence-electron chi connectivity index (χ4n) is 4.21. The van der Waals surface area contributed by atoms with Crippen molar-refractivity contribution in [1.29, 1.82) is 0 Å². The van der Waals surface area contributed by atoms with Crippen LogP contribution in [0.25, 0.3) is 0 Å². The first-order valence-electron chi connectivity index (χ1n) is 9.30. The topological polar surface area (TPSA) is 3.24 Å². The minimum Gasteiger partial charge on any atom is -0.352 e. The second kappa shape index (κ2) is 8.66. The molecule has 0 N–H and O–H groups in total. The van der Waals surface area contributed by atoms with E-state index in [-0.39, 0.29) is 0 Å². The number of hydrogen-bond donors (Lipinski definition) is 0. The summed E-state index contributed by atoms with van der Waals surface area (Å²) >= 11 is 0. The SMILES string of the molecule is C=CN(C=CC(C)C(C)C1CCCCC1)C1CCCCC1. The molecular weight excluding hydrogens is 254 g/mol. The van der Waals surface area contributed by atoms with Gasteiger partial charge in [-0.05, 0) is 36.8 Å². The van der Waals surface area contributed by atoms with Crippen molar-refractivity contribution in [2.45, 2.75) is 84.1 Å². The Morgan fingerprint density at radius 3 is 2.05 bits per heavy atom. The first kappa shape index (κ1) is 16.6. The zero-order chi connectivity index (χ0) is 15.1. The Morgan fingerprint density at radius 1 is 0.905 bits per heavy atom. The van der Waals surface area contributed by atoms with E-state index in [4.69, 9.17) is 0 Å². The number of rotatable bonds is 6. The molecule has 0 bridgehead atoms. The molecule has 21 heavy (non-hydrogen) atoms. The van der Waals surface area contributed by atoms with Gasteiger partial charge in [0.15, 0.2) is 0 Å². The summed E-state index contributed by atoms with van der Waals surface area (Å²) in [4.78, 5) is 2.38. The fraction of sp³-hybridized carbons (Fsp3) is 0.800. The molecule has 2 fully saturated rings. The maximum atomic E-state index is 4.02. The zero-order valence-corrected chi connectivity index (χ0v) is 14.3. The largest absolute Gasteiger partial charge is 0.352 e. The van der Waals surface area contributed by atoms with Gasteiger partial charge in [-0.1, -0.05) is 77.9 Å². The molecule has 2 unspecified atom stereocenters. The summed E-state index contributed by atoms with van der Waals surface area (Å²) in [5, 5.41) is 0. The molecule has 0 radical (unpaired) electrons. The Morgan fingerprint density at radius 2 is 1.48 bits per heavy atom. The number of allylic oxidation sites excluding steroid dienone is 1. The van der Waals surface area contributed by atoms with Crippen LogP contribution in [0.4, 0.5) is 0 Å². The predicted molar refractivity (Wildman–Crippen MR) is 93.0 cm³/mol. The minimum atomic E-state index is 0.680. The van der Waals surface area contributed by atoms with Crippen LogP contribution in [0.2, 0.25) is 0 Å². The van der Waals surface area contributed by atoms with Crippen molar-refractivity contribution in [2.75, 3.05) is 0 Å². The van der Waals surface area contributed by atoms with Crippen molar-refractivity contribution >= 4 is 0 Å².